The van der Waals surface area contributed by atoms with Crippen molar-refractivity contribution >= 4 is 43.5 Å². The lowest BCUT2D eigenvalue weighted by atomic mass is 10.1. The highest BCUT2D eigenvalue weighted by molar-refractivity contribution is 9.10. The molecule has 0 atom stereocenters. The van der Waals surface area contributed by atoms with Crippen LogP contribution in [-0.2, 0) is 5.33 Å². The van der Waals surface area contributed by atoms with Gasteiger partial charge in [-0.15, -0.1) is 0 Å². The topological polar surface area (TPSA) is 29.1 Å². The Morgan fingerprint density at radius 1 is 1.16 bits per heavy atom. The Kier molecular flexibility index (Phi) is 4.71. The number of rotatable bonds is 3. The van der Waals surface area contributed by atoms with Gasteiger partial charge in [0.1, 0.15) is 5.82 Å². The van der Waals surface area contributed by atoms with Gasteiger partial charge >= 0.3 is 0 Å². The molecule has 2 rings (SSSR count). The molecule has 0 aliphatic carbocycles. The van der Waals surface area contributed by atoms with E-state index in [1.807, 2.05) is 24.3 Å². The number of carbonyl (C=O) groups excluding carboxylic acids is 1. The van der Waals surface area contributed by atoms with Crippen molar-refractivity contribution in [2.75, 3.05) is 5.32 Å². The van der Waals surface area contributed by atoms with Gasteiger partial charge < -0.3 is 5.32 Å². The predicted molar refractivity (Wildman–Crippen MR) is 81.1 cm³/mol. The zero-order chi connectivity index (χ0) is 13.8. The number of hydrogen-bond acceptors (Lipinski definition) is 1. The summed E-state index contributed by atoms with van der Waals surface area (Å²) >= 11 is 6.44. The number of halogens is 3. The number of para-hydroxylation sites is 1. The molecule has 0 aliphatic heterocycles. The van der Waals surface area contributed by atoms with Crippen molar-refractivity contribution in [1.82, 2.24) is 0 Å². The molecule has 0 saturated heterocycles. The SMILES string of the molecule is O=C(Nc1ccccc1CBr)c1cccc(F)c1Br. The zero-order valence-corrected chi connectivity index (χ0v) is 13.0. The Labute approximate surface area is 127 Å². The lowest BCUT2D eigenvalue weighted by Gasteiger charge is -2.10. The van der Waals surface area contributed by atoms with E-state index in [2.05, 4.69) is 37.2 Å². The minimum absolute atomic E-state index is 0.170. The highest BCUT2D eigenvalue weighted by Gasteiger charge is 2.14. The van der Waals surface area contributed by atoms with Gasteiger partial charge in [-0.1, -0.05) is 40.2 Å². The van der Waals surface area contributed by atoms with Crippen LogP contribution in [0.2, 0.25) is 0 Å². The molecule has 98 valence electrons. The minimum atomic E-state index is -0.457. The van der Waals surface area contributed by atoms with E-state index in [1.165, 1.54) is 12.1 Å². The first-order chi connectivity index (χ1) is 9.13. The van der Waals surface area contributed by atoms with Crippen LogP contribution in [0.15, 0.2) is 46.9 Å². The molecule has 19 heavy (non-hydrogen) atoms. The fourth-order valence-corrected chi connectivity index (χ4v) is 2.56. The van der Waals surface area contributed by atoms with Gasteiger partial charge in [0.2, 0.25) is 0 Å². The third-order valence-electron chi connectivity index (χ3n) is 2.61. The van der Waals surface area contributed by atoms with E-state index in [0.717, 1.165) is 5.56 Å². The Morgan fingerprint density at radius 3 is 2.63 bits per heavy atom. The Hall–Kier alpha value is -1.20. The van der Waals surface area contributed by atoms with E-state index < -0.39 is 5.82 Å². The summed E-state index contributed by atoms with van der Waals surface area (Å²) in [5.74, 6) is -0.804. The Bertz CT molecular complexity index is 616. The average molecular weight is 387 g/mol. The van der Waals surface area contributed by atoms with Crippen LogP contribution in [0, 0.1) is 5.82 Å². The summed E-state index contributed by atoms with van der Waals surface area (Å²) in [6.45, 7) is 0. The molecule has 0 spiro atoms. The van der Waals surface area contributed by atoms with Crippen LogP contribution in [-0.4, -0.2) is 5.91 Å². The summed E-state index contributed by atoms with van der Waals surface area (Å²) in [5, 5.41) is 3.41. The molecule has 0 heterocycles. The zero-order valence-electron chi connectivity index (χ0n) is 9.79. The van der Waals surface area contributed by atoms with Crippen LogP contribution in [0.5, 0.6) is 0 Å². The molecule has 0 aliphatic rings. The van der Waals surface area contributed by atoms with E-state index in [-0.39, 0.29) is 15.9 Å². The first-order valence-corrected chi connectivity index (χ1v) is 7.44. The molecule has 5 heteroatoms. The molecule has 2 aromatic rings. The van der Waals surface area contributed by atoms with Crippen LogP contribution < -0.4 is 5.32 Å². The number of nitrogens with one attached hydrogen (secondary N) is 1. The maximum absolute atomic E-state index is 13.4. The van der Waals surface area contributed by atoms with Gasteiger partial charge in [0.15, 0.2) is 0 Å². The molecule has 0 bridgehead atoms. The van der Waals surface area contributed by atoms with Crippen molar-refractivity contribution in [2.45, 2.75) is 5.33 Å². The molecule has 1 N–H and O–H groups in total. The van der Waals surface area contributed by atoms with Gasteiger partial charge in [-0.3, -0.25) is 4.79 Å². The van der Waals surface area contributed by atoms with Crippen LogP contribution >= 0.6 is 31.9 Å². The van der Waals surface area contributed by atoms with Crippen molar-refractivity contribution in [3.05, 3.63) is 63.9 Å². The Balaban J connectivity index is 2.28. The third-order valence-corrected chi connectivity index (χ3v) is 4.02. The molecule has 0 aromatic heterocycles. The maximum atomic E-state index is 13.4. The largest absolute Gasteiger partial charge is 0.322 e. The predicted octanol–water partition coefficient (Wildman–Crippen LogP) is 4.74. The second-order valence-electron chi connectivity index (χ2n) is 3.85. The molecule has 0 fully saturated rings. The van der Waals surface area contributed by atoms with Gasteiger partial charge in [-0.2, -0.15) is 0 Å². The third kappa shape index (κ3) is 3.22. The summed E-state index contributed by atoms with van der Waals surface area (Å²) in [5.41, 5.74) is 1.94. The van der Waals surface area contributed by atoms with E-state index >= 15 is 0 Å². The highest BCUT2D eigenvalue weighted by atomic mass is 79.9. The van der Waals surface area contributed by atoms with Crippen LogP contribution in [0.3, 0.4) is 0 Å². The number of carbonyl (C=O) groups is 1. The second-order valence-corrected chi connectivity index (χ2v) is 5.20. The first-order valence-electron chi connectivity index (χ1n) is 5.52. The van der Waals surface area contributed by atoms with E-state index in [1.54, 1.807) is 6.07 Å². The van der Waals surface area contributed by atoms with Crippen LogP contribution in [0.4, 0.5) is 10.1 Å². The second kappa shape index (κ2) is 6.30. The number of anilines is 1. The fourth-order valence-electron chi connectivity index (χ4n) is 1.63. The van der Waals surface area contributed by atoms with Crippen molar-refractivity contribution in [3.63, 3.8) is 0 Å². The summed E-state index contributed by atoms with van der Waals surface area (Å²) in [4.78, 5) is 12.1. The number of benzene rings is 2. The highest BCUT2D eigenvalue weighted by Crippen LogP contribution is 2.23. The van der Waals surface area contributed by atoms with Crippen molar-refractivity contribution in [3.8, 4) is 0 Å². The lowest BCUT2D eigenvalue weighted by Crippen LogP contribution is -2.14. The van der Waals surface area contributed by atoms with Crippen LogP contribution in [0.1, 0.15) is 15.9 Å². The van der Waals surface area contributed by atoms with Gasteiger partial charge in [0.25, 0.3) is 5.91 Å². The monoisotopic (exact) mass is 385 g/mol. The molecular weight excluding hydrogens is 377 g/mol. The lowest BCUT2D eigenvalue weighted by molar-refractivity contribution is 0.102. The van der Waals surface area contributed by atoms with Gasteiger partial charge in [-0.25, -0.2) is 4.39 Å². The van der Waals surface area contributed by atoms with Crippen molar-refractivity contribution in [2.24, 2.45) is 0 Å². The fraction of sp³-hybridized carbons (Fsp3) is 0.0714. The van der Waals surface area contributed by atoms with E-state index in [4.69, 9.17) is 0 Å². The molecule has 1 amide bonds. The molecule has 0 saturated carbocycles. The molecule has 2 nitrogen and oxygen atoms in total. The number of hydrogen-bond donors (Lipinski definition) is 1. The van der Waals surface area contributed by atoms with Crippen molar-refractivity contribution in [1.29, 1.82) is 0 Å². The number of amides is 1. The Morgan fingerprint density at radius 2 is 1.89 bits per heavy atom. The normalized spacial score (nSPS) is 10.3. The smallest absolute Gasteiger partial charge is 0.256 e. The molecular formula is C14H10Br2FNO. The average Bonchev–Trinajstić information content (AvgIpc) is 2.42. The molecule has 0 unspecified atom stereocenters. The maximum Gasteiger partial charge on any atom is 0.256 e. The molecule has 2 aromatic carbocycles. The minimum Gasteiger partial charge on any atom is -0.322 e. The quantitative estimate of drug-likeness (QED) is 0.758. The summed E-state index contributed by atoms with van der Waals surface area (Å²) in [7, 11) is 0. The van der Waals surface area contributed by atoms with E-state index in [0.29, 0.717) is 11.0 Å². The van der Waals surface area contributed by atoms with Crippen molar-refractivity contribution < 1.29 is 9.18 Å². The first kappa shape index (κ1) is 14.2. The molecule has 0 radical (unpaired) electrons. The summed E-state index contributed by atoms with van der Waals surface area (Å²) in [6.07, 6.45) is 0. The summed E-state index contributed by atoms with van der Waals surface area (Å²) < 4.78 is 13.6. The number of alkyl halides is 1. The van der Waals surface area contributed by atoms with Crippen LogP contribution in [0.25, 0.3) is 0 Å². The van der Waals surface area contributed by atoms with E-state index in [9.17, 15) is 9.18 Å². The van der Waals surface area contributed by atoms with Gasteiger partial charge in [0.05, 0.1) is 10.0 Å². The van der Waals surface area contributed by atoms with Gasteiger partial charge in [-0.05, 0) is 39.7 Å². The standard InChI is InChI=1S/C14H10Br2FNO/c15-8-9-4-1-2-7-12(9)18-14(19)10-5-3-6-11(17)13(10)16/h1-7H,8H2,(H,18,19). The summed E-state index contributed by atoms with van der Waals surface area (Å²) in [6, 6.07) is 11.8. The van der Waals surface area contributed by atoms with Gasteiger partial charge in [0, 0.05) is 11.0 Å².